The molecule has 0 aliphatic carbocycles. The van der Waals surface area contributed by atoms with Gasteiger partial charge in [-0.1, -0.05) is 74.0 Å². The van der Waals surface area contributed by atoms with E-state index in [4.69, 9.17) is 0 Å². The van der Waals surface area contributed by atoms with E-state index < -0.39 is 17.7 Å². The fraction of sp³-hybridized carbons (Fsp3) is 0.333. The van der Waals surface area contributed by atoms with Crippen LogP contribution in [-0.2, 0) is 4.79 Å². The van der Waals surface area contributed by atoms with Crippen molar-refractivity contribution in [3.05, 3.63) is 71.8 Å². The summed E-state index contributed by atoms with van der Waals surface area (Å²) in [6.45, 7) is 3.34. The lowest BCUT2D eigenvalue weighted by Gasteiger charge is -2.22. The SMILES string of the molecule is CCCC(C)(F)CC(N=C(c1ccccc1)c1ccccc1)C(=O)O. The third-order valence-electron chi connectivity index (χ3n) is 4.05. The molecule has 0 bridgehead atoms. The lowest BCUT2D eigenvalue weighted by Crippen LogP contribution is -2.30. The number of halogens is 1. The summed E-state index contributed by atoms with van der Waals surface area (Å²) in [6, 6.07) is 17.7. The summed E-state index contributed by atoms with van der Waals surface area (Å²) in [5.74, 6) is -1.11. The van der Waals surface area contributed by atoms with Gasteiger partial charge in [0.15, 0.2) is 6.04 Å². The molecule has 0 fully saturated rings. The van der Waals surface area contributed by atoms with E-state index in [9.17, 15) is 14.3 Å². The standard InChI is InChI=1S/C21H24FNO2/c1-3-14-21(2,22)15-18(20(24)25)23-19(16-10-6-4-7-11-16)17-12-8-5-9-13-17/h4-13,18H,3,14-15H2,1-2H3,(H,24,25). The Bertz CT molecular complexity index is 670. The molecule has 0 aliphatic heterocycles. The monoisotopic (exact) mass is 341 g/mol. The molecular formula is C21H24FNO2. The van der Waals surface area contributed by atoms with Gasteiger partial charge in [0.1, 0.15) is 5.67 Å². The molecule has 0 aromatic heterocycles. The third-order valence-corrected chi connectivity index (χ3v) is 4.05. The van der Waals surface area contributed by atoms with E-state index in [1.54, 1.807) is 0 Å². The van der Waals surface area contributed by atoms with Gasteiger partial charge in [0.25, 0.3) is 0 Å². The first kappa shape index (κ1) is 18.8. The van der Waals surface area contributed by atoms with Crippen LogP contribution < -0.4 is 0 Å². The number of rotatable bonds is 8. The van der Waals surface area contributed by atoms with E-state index in [0.717, 1.165) is 11.1 Å². The van der Waals surface area contributed by atoms with Gasteiger partial charge in [-0.15, -0.1) is 0 Å². The van der Waals surface area contributed by atoms with Crippen LogP contribution in [0.25, 0.3) is 0 Å². The van der Waals surface area contributed by atoms with Crippen LogP contribution in [0.1, 0.15) is 44.2 Å². The van der Waals surface area contributed by atoms with Crippen LogP contribution >= 0.6 is 0 Å². The van der Waals surface area contributed by atoms with Crippen LogP contribution in [0.3, 0.4) is 0 Å². The molecule has 0 saturated carbocycles. The average molecular weight is 341 g/mol. The van der Waals surface area contributed by atoms with Crippen molar-refractivity contribution in [1.29, 1.82) is 0 Å². The van der Waals surface area contributed by atoms with Crippen molar-refractivity contribution in [3.8, 4) is 0 Å². The van der Waals surface area contributed by atoms with Crippen molar-refractivity contribution in [3.63, 3.8) is 0 Å². The Morgan fingerprint density at radius 2 is 1.56 bits per heavy atom. The van der Waals surface area contributed by atoms with Gasteiger partial charge < -0.3 is 5.11 Å². The highest BCUT2D eigenvalue weighted by atomic mass is 19.1. The van der Waals surface area contributed by atoms with Gasteiger partial charge in [-0.05, 0) is 13.3 Å². The molecule has 0 spiro atoms. The number of nitrogens with zero attached hydrogens (tertiary/aromatic N) is 1. The first-order valence-corrected chi connectivity index (χ1v) is 8.53. The van der Waals surface area contributed by atoms with Crippen LogP contribution in [0.2, 0.25) is 0 Å². The number of aliphatic carboxylic acids is 1. The van der Waals surface area contributed by atoms with Crippen molar-refractivity contribution in [2.24, 2.45) is 4.99 Å². The fourth-order valence-corrected chi connectivity index (χ4v) is 2.88. The Balaban J connectivity index is 2.45. The Labute approximate surface area is 148 Å². The lowest BCUT2D eigenvalue weighted by molar-refractivity contribution is -0.139. The molecule has 0 radical (unpaired) electrons. The highest BCUT2D eigenvalue weighted by molar-refractivity contribution is 6.13. The summed E-state index contributed by atoms with van der Waals surface area (Å²) < 4.78 is 14.6. The molecule has 3 nitrogen and oxygen atoms in total. The molecule has 2 rings (SSSR count). The maximum atomic E-state index is 14.6. The number of benzene rings is 2. The molecule has 0 aliphatic rings. The number of alkyl halides is 1. The minimum absolute atomic E-state index is 0.140. The molecule has 0 saturated heterocycles. The summed E-state index contributed by atoms with van der Waals surface area (Å²) in [6.07, 6.45) is 0.838. The number of hydrogen-bond donors (Lipinski definition) is 1. The fourth-order valence-electron chi connectivity index (χ4n) is 2.88. The Morgan fingerprint density at radius 3 is 1.96 bits per heavy atom. The molecule has 2 atom stereocenters. The Morgan fingerprint density at radius 1 is 1.08 bits per heavy atom. The van der Waals surface area contributed by atoms with Crippen LogP contribution in [0.4, 0.5) is 4.39 Å². The Hall–Kier alpha value is -2.49. The molecule has 0 heterocycles. The molecular weight excluding hydrogens is 317 g/mol. The summed E-state index contributed by atoms with van der Waals surface area (Å²) in [5.41, 5.74) is 0.646. The van der Waals surface area contributed by atoms with Crippen molar-refractivity contribution in [1.82, 2.24) is 0 Å². The van der Waals surface area contributed by atoms with E-state index in [1.165, 1.54) is 6.92 Å². The van der Waals surface area contributed by atoms with Gasteiger partial charge in [-0.3, -0.25) is 4.99 Å². The van der Waals surface area contributed by atoms with E-state index in [-0.39, 0.29) is 6.42 Å². The molecule has 25 heavy (non-hydrogen) atoms. The minimum Gasteiger partial charge on any atom is -0.480 e. The number of carboxylic acids is 1. The van der Waals surface area contributed by atoms with Gasteiger partial charge in [-0.2, -0.15) is 0 Å². The second-order valence-electron chi connectivity index (χ2n) is 6.43. The quantitative estimate of drug-likeness (QED) is 0.695. The lowest BCUT2D eigenvalue weighted by atomic mass is 9.93. The maximum Gasteiger partial charge on any atom is 0.328 e. The van der Waals surface area contributed by atoms with Crippen LogP contribution in [0, 0.1) is 0 Å². The summed E-state index contributed by atoms with van der Waals surface area (Å²) in [4.78, 5) is 16.2. The number of carboxylic acid groups (broad SMARTS) is 1. The largest absolute Gasteiger partial charge is 0.480 e. The van der Waals surface area contributed by atoms with Crippen molar-refractivity contribution in [2.75, 3.05) is 0 Å². The van der Waals surface area contributed by atoms with E-state index >= 15 is 0 Å². The topological polar surface area (TPSA) is 49.7 Å². The zero-order chi connectivity index (χ0) is 18.3. The smallest absolute Gasteiger partial charge is 0.328 e. The predicted octanol–water partition coefficient (Wildman–Crippen LogP) is 4.90. The molecule has 2 aromatic carbocycles. The van der Waals surface area contributed by atoms with Gasteiger partial charge in [0, 0.05) is 17.5 Å². The van der Waals surface area contributed by atoms with Crippen LogP contribution in [0.5, 0.6) is 0 Å². The first-order chi connectivity index (χ1) is 11.9. The molecule has 132 valence electrons. The highest BCUT2D eigenvalue weighted by Crippen LogP contribution is 2.26. The van der Waals surface area contributed by atoms with Crippen LogP contribution in [-0.4, -0.2) is 28.5 Å². The van der Waals surface area contributed by atoms with Gasteiger partial charge in [-0.25, -0.2) is 9.18 Å². The van der Waals surface area contributed by atoms with Crippen molar-refractivity contribution < 1.29 is 14.3 Å². The Kier molecular flexibility index (Phi) is 6.45. The van der Waals surface area contributed by atoms with E-state index in [2.05, 4.69) is 4.99 Å². The number of carbonyl (C=O) groups is 1. The molecule has 0 amide bonds. The zero-order valence-electron chi connectivity index (χ0n) is 14.7. The van der Waals surface area contributed by atoms with Crippen LogP contribution in [0.15, 0.2) is 65.7 Å². The normalized spacial score (nSPS) is 14.4. The second-order valence-corrected chi connectivity index (χ2v) is 6.43. The average Bonchev–Trinajstić information content (AvgIpc) is 2.59. The first-order valence-electron chi connectivity index (χ1n) is 8.53. The van der Waals surface area contributed by atoms with Gasteiger partial charge >= 0.3 is 5.97 Å². The summed E-state index contributed by atoms with van der Waals surface area (Å²) in [5, 5.41) is 9.57. The minimum atomic E-state index is -1.56. The maximum absolute atomic E-state index is 14.6. The van der Waals surface area contributed by atoms with E-state index in [1.807, 2.05) is 67.6 Å². The second kappa shape index (κ2) is 8.56. The summed E-state index contributed by atoms with van der Waals surface area (Å²) in [7, 11) is 0. The van der Waals surface area contributed by atoms with Crippen molar-refractivity contribution >= 4 is 11.7 Å². The van der Waals surface area contributed by atoms with Crippen molar-refractivity contribution in [2.45, 2.75) is 44.8 Å². The predicted molar refractivity (Wildman–Crippen MR) is 99.0 cm³/mol. The van der Waals surface area contributed by atoms with E-state index in [0.29, 0.717) is 18.6 Å². The zero-order valence-corrected chi connectivity index (χ0v) is 14.7. The number of hydrogen-bond acceptors (Lipinski definition) is 2. The molecule has 2 aromatic rings. The molecule has 1 N–H and O–H groups in total. The highest BCUT2D eigenvalue weighted by Gasteiger charge is 2.31. The third kappa shape index (κ3) is 5.52. The van der Waals surface area contributed by atoms with Gasteiger partial charge in [0.2, 0.25) is 0 Å². The summed E-state index contributed by atoms with van der Waals surface area (Å²) >= 11 is 0. The molecule has 4 heteroatoms. The number of aliphatic imine (C=N–C) groups is 1. The van der Waals surface area contributed by atoms with Gasteiger partial charge in [0.05, 0.1) is 5.71 Å². The molecule has 2 unspecified atom stereocenters.